The van der Waals surface area contributed by atoms with Gasteiger partial charge < -0.3 is 11.5 Å². The summed E-state index contributed by atoms with van der Waals surface area (Å²) in [5.41, 5.74) is 13.6. The molecule has 1 rings (SSSR count). The van der Waals surface area contributed by atoms with Crippen molar-refractivity contribution in [2.75, 3.05) is 5.73 Å². The molecule has 1 unspecified atom stereocenters. The third kappa shape index (κ3) is 3.34. The normalized spacial score (nSPS) is 12.7. The van der Waals surface area contributed by atoms with E-state index in [1.807, 2.05) is 12.3 Å². The predicted molar refractivity (Wildman–Crippen MR) is 59.9 cm³/mol. The Morgan fingerprint density at radius 1 is 1.50 bits per heavy atom. The molecule has 0 aromatic carbocycles. The molecule has 14 heavy (non-hydrogen) atoms. The molecule has 0 aliphatic carbocycles. The summed E-state index contributed by atoms with van der Waals surface area (Å²) >= 11 is 0. The van der Waals surface area contributed by atoms with E-state index in [1.54, 1.807) is 6.20 Å². The highest BCUT2D eigenvalue weighted by atomic mass is 14.7. The van der Waals surface area contributed by atoms with Gasteiger partial charge in [-0.05, 0) is 37.3 Å². The van der Waals surface area contributed by atoms with E-state index < -0.39 is 0 Å². The van der Waals surface area contributed by atoms with Crippen LogP contribution in [-0.4, -0.2) is 11.0 Å². The van der Waals surface area contributed by atoms with Crippen LogP contribution in [0, 0.1) is 0 Å². The minimum atomic E-state index is 0.327. The topological polar surface area (TPSA) is 64.9 Å². The molecule has 1 atom stereocenters. The lowest BCUT2D eigenvalue weighted by Gasteiger charge is -2.08. The molecule has 0 radical (unpaired) electrons. The number of pyridine rings is 1. The van der Waals surface area contributed by atoms with Crippen LogP contribution in [0.15, 0.2) is 18.5 Å². The van der Waals surface area contributed by atoms with Crippen LogP contribution >= 0.6 is 0 Å². The Hall–Kier alpha value is -1.09. The molecule has 0 aliphatic rings. The van der Waals surface area contributed by atoms with Crippen molar-refractivity contribution in [1.29, 1.82) is 0 Å². The van der Waals surface area contributed by atoms with Crippen molar-refractivity contribution in [2.45, 2.75) is 38.6 Å². The van der Waals surface area contributed by atoms with Crippen LogP contribution in [0.4, 0.5) is 5.69 Å². The standard InChI is InChI=1S/C11H19N3/c1-2-10(12)5-3-4-9-8-14-7-6-11(9)13/h6-8,10H,2-5,12H2,1H3,(H2,13,14). The first kappa shape index (κ1) is 11.0. The maximum absolute atomic E-state index is 5.83. The Labute approximate surface area is 85.5 Å². The van der Waals surface area contributed by atoms with Crippen LogP contribution in [0.2, 0.25) is 0 Å². The Kier molecular flexibility index (Phi) is 4.40. The summed E-state index contributed by atoms with van der Waals surface area (Å²) in [6.07, 6.45) is 7.73. The Balaban J connectivity index is 2.35. The highest BCUT2D eigenvalue weighted by Gasteiger charge is 2.01. The van der Waals surface area contributed by atoms with Crippen LogP contribution < -0.4 is 11.5 Å². The van der Waals surface area contributed by atoms with Crippen molar-refractivity contribution in [3.63, 3.8) is 0 Å². The molecule has 0 bridgehead atoms. The molecule has 1 heterocycles. The van der Waals surface area contributed by atoms with Crippen LogP contribution in [0.3, 0.4) is 0 Å². The fraction of sp³-hybridized carbons (Fsp3) is 0.545. The van der Waals surface area contributed by atoms with Crippen LogP contribution in [0.1, 0.15) is 31.7 Å². The maximum Gasteiger partial charge on any atom is 0.0377 e. The van der Waals surface area contributed by atoms with Gasteiger partial charge in [0.15, 0.2) is 0 Å². The fourth-order valence-corrected chi connectivity index (χ4v) is 1.41. The number of nitrogens with two attached hydrogens (primary N) is 2. The van der Waals surface area contributed by atoms with E-state index in [9.17, 15) is 0 Å². The molecule has 1 aromatic rings. The van der Waals surface area contributed by atoms with Gasteiger partial charge in [-0.1, -0.05) is 6.92 Å². The Morgan fingerprint density at radius 3 is 2.93 bits per heavy atom. The second-order valence-electron chi connectivity index (χ2n) is 3.64. The molecule has 0 saturated heterocycles. The summed E-state index contributed by atoms with van der Waals surface area (Å²) in [4.78, 5) is 4.05. The quantitative estimate of drug-likeness (QED) is 0.748. The van der Waals surface area contributed by atoms with E-state index in [-0.39, 0.29) is 0 Å². The van der Waals surface area contributed by atoms with Gasteiger partial charge in [-0.2, -0.15) is 0 Å². The van der Waals surface area contributed by atoms with Crippen molar-refractivity contribution in [2.24, 2.45) is 5.73 Å². The zero-order valence-corrected chi connectivity index (χ0v) is 8.74. The number of hydrogen-bond donors (Lipinski definition) is 2. The van der Waals surface area contributed by atoms with Gasteiger partial charge in [0.25, 0.3) is 0 Å². The average molecular weight is 193 g/mol. The first-order valence-electron chi connectivity index (χ1n) is 5.18. The number of anilines is 1. The van der Waals surface area contributed by atoms with E-state index in [0.29, 0.717) is 6.04 Å². The second kappa shape index (κ2) is 5.60. The number of rotatable bonds is 5. The van der Waals surface area contributed by atoms with E-state index in [2.05, 4.69) is 11.9 Å². The molecule has 0 aliphatic heterocycles. The largest absolute Gasteiger partial charge is 0.398 e. The van der Waals surface area contributed by atoms with Crippen LogP contribution in [-0.2, 0) is 6.42 Å². The van der Waals surface area contributed by atoms with Gasteiger partial charge in [0, 0.05) is 24.1 Å². The first-order valence-corrected chi connectivity index (χ1v) is 5.18. The van der Waals surface area contributed by atoms with Crippen molar-refractivity contribution < 1.29 is 0 Å². The van der Waals surface area contributed by atoms with Crippen molar-refractivity contribution in [3.8, 4) is 0 Å². The van der Waals surface area contributed by atoms with E-state index in [4.69, 9.17) is 11.5 Å². The number of aryl methyl sites for hydroxylation is 1. The third-order valence-electron chi connectivity index (χ3n) is 2.49. The molecular weight excluding hydrogens is 174 g/mol. The monoisotopic (exact) mass is 193 g/mol. The molecular formula is C11H19N3. The summed E-state index contributed by atoms with van der Waals surface area (Å²) in [5.74, 6) is 0. The highest BCUT2D eigenvalue weighted by Crippen LogP contribution is 2.12. The SMILES string of the molecule is CCC(N)CCCc1cnccc1N. The lowest BCUT2D eigenvalue weighted by molar-refractivity contribution is 0.568. The van der Waals surface area contributed by atoms with Gasteiger partial charge in [0.2, 0.25) is 0 Å². The highest BCUT2D eigenvalue weighted by molar-refractivity contribution is 5.44. The van der Waals surface area contributed by atoms with Crippen molar-refractivity contribution in [3.05, 3.63) is 24.0 Å². The van der Waals surface area contributed by atoms with Crippen LogP contribution in [0.5, 0.6) is 0 Å². The summed E-state index contributed by atoms with van der Waals surface area (Å²) in [7, 11) is 0. The molecule has 0 spiro atoms. The third-order valence-corrected chi connectivity index (χ3v) is 2.49. The van der Waals surface area contributed by atoms with Gasteiger partial charge in [-0.15, -0.1) is 0 Å². The van der Waals surface area contributed by atoms with Gasteiger partial charge in [0.05, 0.1) is 0 Å². The van der Waals surface area contributed by atoms with E-state index in [1.165, 1.54) is 0 Å². The van der Waals surface area contributed by atoms with Gasteiger partial charge >= 0.3 is 0 Å². The molecule has 0 fully saturated rings. The zero-order valence-electron chi connectivity index (χ0n) is 8.74. The van der Waals surface area contributed by atoms with Gasteiger partial charge in [-0.25, -0.2) is 0 Å². The summed E-state index contributed by atoms with van der Waals surface area (Å²) in [6.45, 7) is 2.11. The number of nitrogens with zero attached hydrogens (tertiary/aromatic N) is 1. The Bertz CT molecular complexity index is 273. The number of nitrogen functional groups attached to an aromatic ring is 1. The Morgan fingerprint density at radius 2 is 2.29 bits per heavy atom. The second-order valence-corrected chi connectivity index (χ2v) is 3.64. The summed E-state index contributed by atoms with van der Waals surface area (Å²) in [5, 5.41) is 0. The van der Waals surface area contributed by atoms with Crippen molar-refractivity contribution >= 4 is 5.69 Å². The number of hydrogen-bond acceptors (Lipinski definition) is 3. The molecule has 3 heteroatoms. The lowest BCUT2D eigenvalue weighted by atomic mass is 10.0. The zero-order chi connectivity index (χ0) is 10.4. The molecule has 0 amide bonds. The minimum Gasteiger partial charge on any atom is -0.398 e. The molecule has 78 valence electrons. The summed E-state index contributed by atoms with van der Waals surface area (Å²) < 4.78 is 0. The van der Waals surface area contributed by atoms with Gasteiger partial charge in [-0.3, -0.25) is 4.98 Å². The first-order chi connectivity index (χ1) is 6.74. The fourth-order valence-electron chi connectivity index (χ4n) is 1.41. The molecule has 1 aromatic heterocycles. The maximum atomic E-state index is 5.83. The van der Waals surface area contributed by atoms with E-state index >= 15 is 0 Å². The van der Waals surface area contributed by atoms with E-state index in [0.717, 1.165) is 36.9 Å². The van der Waals surface area contributed by atoms with Crippen molar-refractivity contribution in [1.82, 2.24) is 4.98 Å². The minimum absolute atomic E-state index is 0.327. The molecule has 3 nitrogen and oxygen atoms in total. The average Bonchev–Trinajstić information content (AvgIpc) is 2.20. The van der Waals surface area contributed by atoms with Gasteiger partial charge in [0.1, 0.15) is 0 Å². The predicted octanol–water partition coefficient (Wildman–Crippen LogP) is 1.72. The summed E-state index contributed by atoms with van der Waals surface area (Å²) in [6, 6.07) is 2.17. The molecule has 4 N–H and O–H groups in total. The smallest absolute Gasteiger partial charge is 0.0377 e. The number of aromatic nitrogens is 1. The lowest BCUT2D eigenvalue weighted by Crippen LogP contribution is -2.18. The van der Waals surface area contributed by atoms with Crippen LogP contribution in [0.25, 0.3) is 0 Å². The molecule has 0 saturated carbocycles.